The fraction of sp³-hybridized carbons (Fsp3) is 0.429. The predicted molar refractivity (Wildman–Crippen MR) is 50.3 cm³/mol. The summed E-state index contributed by atoms with van der Waals surface area (Å²) >= 11 is 0. The SMILES string of the molecule is CC(=O)Nc1cn(CCO)c([N+](=O)[O-])n1. The maximum absolute atomic E-state index is 10.7. The maximum Gasteiger partial charge on any atom is 0.436 e. The zero-order valence-electron chi connectivity index (χ0n) is 8.01. The van der Waals surface area contributed by atoms with E-state index >= 15 is 0 Å². The Morgan fingerprint density at radius 2 is 2.47 bits per heavy atom. The van der Waals surface area contributed by atoms with Gasteiger partial charge < -0.3 is 15.2 Å². The van der Waals surface area contributed by atoms with Gasteiger partial charge in [-0.2, -0.15) is 0 Å². The molecule has 1 heterocycles. The average molecular weight is 214 g/mol. The van der Waals surface area contributed by atoms with Crippen LogP contribution in [-0.4, -0.2) is 32.1 Å². The highest BCUT2D eigenvalue weighted by Gasteiger charge is 2.19. The van der Waals surface area contributed by atoms with Gasteiger partial charge in [0.1, 0.15) is 6.20 Å². The maximum atomic E-state index is 10.7. The largest absolute Gasteiger partial charge is 0.436 e. The summed E-state index contributed by atoms with van der Waals surface area (Å²) < 4.78 is 1.16. The Labute approximate surface area is 84.7 Å². The Morgan fingerprint density at radius 3 is 2.93 bits per heavy atom. The number of nitrogens with zero attached hydrogens (tertiary/aromatic N) is 3. The Balaban J connectivity index is 2.97. The van der Waals surface area contributed by atoms with Gasteiger partial charge in [-0.25, -0.2) is 4.57 Å². The van der Waals surface area contributed by atoms with E-state index in [0.717, 1.165) is 4.57 Å². The van der Waals surface area contributed by atoms with Crippen LogP contribution in [0.2, 0.25) is 0 Å². The molecule has 0 saturated carbocycles. The number of hydrogen-bond donors (Lipinski definition) is 2. The molecule has 0 spiro atoms. The first-order chi connectivity index (χ1) is 7.04. The lowest BCUT2D eigenvalue weighted by Crippen LogP contribution is -2.06. The molecule has 1 rings (SSSR count). The minimum absolute atomic E-state index is 0.0584. The molecule has 1 aromatic heterocycles. The van der Waals surface area contributed by atoms with Crippen LogP contribution in [0.1, 0.15) is 6.92 Å². The van der Waals surface area contributed by atoms with Gasteiger partial charge in [0.15, 0.2) is 0 Å². The third-order valence-corrected chi connectivity index (χ3v) is 1.56. The van der Waals surface area contributed by atoms with Crippen LogP contribution in [0.25, 0.3) is 0 Å². The second-order valence-corrected chi connectivity index (χ2v) is 2.78. The molecule has 0 unspecified atom stereocenters. The zero-order chi connectivity index (χ0) is 11.4. The highest BCUT2D eigenvalue weighted by atomic mass is 16.6. The topological polar surface area (TPSA) is 110 Å². The van der Waals surface area contributed by atoms with E-state index in [-0.39, 0.29) is 24.9 Å². The van der Waals surface area contributed by atoms with Crippen molar-refractivity contribution in [2.24, 2.45) is 0 Å². The van der Waals surface area contributed by atoms with Gasteiger partial charge in [0, 0.05) is 6.92 Å². The van der Waals surface area contributed by atoms with E-state index in [2.05, 4.69) is 10.3 Å². The van der Waals surface area contributed by atoms with Crippen molar-refractivity contribution < 1.29 is 14.8 Å². The number of aromatic nitrogens is 2. The predicted octanol–water partition coefficient (Wildman–Crippen LogP) is -0.258. The van der Waals surface area contributed by atoms with Crippen LogP contribution >= 0.6 is 0 Å². The van der Waals surface area contributed by atoms with E-state index in [1.807, 2.05) is 0 Å². The highest BCUT2D eigenvalue weighted by Crippen LogP contribution is 2.14. The van der Waals surface area contributed by atoms with Crippen LogP contribution in [0.4, 0.5) is 11.8 Å². The number of hydrogen-bond acceptors (Lipinski definition) is 5. The normalized spacial score (nSPS) is 10.0. The second-order valence-electron chi connectivity index (χ2n) is 2.78. The number of carbonyl (C=O) groups excluding carboxylic acids is 1. The first-order valence-electron chi connectivity index (χ1n) is 4.14. The van der Waals surface area contributed by atoms with Crippen molar-refractivity contribution in [3.63, 3.8) is 0 Å². The molecule has 0 fully saturated rings. The smallest absolute Gasteiger partial charge is 0.393 e. The van der Waals surface area contributed by atoms with Gasteiger partial charge in [0.05, 0.1) is 13.2 Å². The molecule has 0 radical (unpaired) electrons. The number of aliphatic hydroxyl groups excluding tert-OH is 1. The average Bonchev–Trinajstić information content (AvgIpc) is 2.47. The fourth-order valence-corrected chi connectivity index (χ4v) is 1.06. The summed E-state index contributed by atoms with van der Waals surface area (Å²) in [6, 6.07) is 0. The number of carbonyl (C=O) groups is 1. The molecular formula is C7H10N4O4. The molecule has 0 bridgehead atoms. The van der Waals surface area contributed by atoms with Gasteiger partial charge in [-0.3, -0.25) is 10.1 Å². The van der Waals surface area contributed by atoms with Gasteiger partial charge in [-0.15, -0.1) is 0 Å². The fourth-order valence-electron chi connectivity index (χ4n) is 1.06. The molecule has 1 amide bonds. The molecule has 82 valence electrons. The molecule has 0 aliphatic heterocycles. The molecular weight excluding hydrogens is 204 g/mol. The first-order valence-corrected chi connectivity index (χ1v) is 4.14. The Hall–Kier alpha value is -1.96. The Bertz CT molecular complexity index is 386. The zero-order valence-corrected chi connectivity index (χ0v) is 8.01. The van der Waals surface area contributed by atoms with Crippen molar-refractivity contribution in [2.45, 2.75) is 13.5 Å². The van der Waals surface area contributed by atoms with Gasteiger partial charge >= 0.3 is 5.95 Å². The van der Waals surface area contributed by atoms with Crippen molar-refractivity contribution in [1.82, 2.24) is 9.55 Å². The van der Waals surface area contributed by atoms with E-state index in [1.165, 1.54) is 13.1 Å². The quantitative estimate of drug-likeness (QED) is 0.530. The minimum atomic E-state index is -0.680. The number of imidazole rings is 1. The highest BCUT2D eigenvalue weighted by molar-refractivity contribution is 5.87. The minimum Gasteiger partial charge on any atom is -0.393 e. The number of anilines is 1. The van der Waals surface area contributed by atoms with Crippen molar-refractivity contribution in [3.05, 3.63) is 16.3 Å². The van der Waals surface area contributed by atoms with E-state index in [4.69, 9.17) is 5.11 Å². The van der Waals surface area contributed by atoms with Crippen LogP contribution < -0.4 is 5.32 Å². The molecule has 0 aliphatic carbocycles. The van der Waals surface area contributed by atoms with E-state index in [1.54, 1.807) is 0 Å². The Morgan fingerprint density at radius 1 is 1.80 bits per heavy atom. The van der Waals surface area contributed by atoms with Crippen LogP contribution in [0.15, 0.2) is 6.20 Å². The molecule has 8 heteroatoms. The van der Waals surface area contributed by atoms with E-state index in [0.29, 0.717) is 0 Å². The molecule has 0 aliphatic rings. The summed E-state index contributed by atoms with van der Waals surface area (Å²) in [5.74, 6) is -0.672. The number of nitrogens with one attached hydrogen (secondary N) is 1. The number of amides is 1. The van der Waals surface area contributed by atoms with Crippen molar-refractivity contribution in [3.8, 4) is 0 Å². The molecule has 0 atom stereocenters. The number of rotatable bonds is 4. The molecule has 0 saturated heterocycles. The van der Waals surface area contributed by atoms with Crippen LogP contribution in [0.5, 0.6) is 0 Å². The number of nitro groups is 1. The van der Waals surface area contributed by atoms with Crippen LogP contribution in [0, 0.1) is 10.1 Å². The van der Waals surface area contributed by atoms with Crippen molar-refractivity contribution in [2.75, 3.05) is 11.9 Å². The van der Waals surface area contributed by atoms with Gasteiger partial charge in [0.25, 0.3) is 0 Å². The van der Waals surface area contributed by atoms with E-state index < -0.39 is 10.9 Å². The van der Waals surface area contributed by atoms with Crippen molar-refractivity contribution in [1.29, 1.82) is 0 Å². The van der Waals surface area contributed by atoms with Gasteiger partial charge in [-0.05, 0) is 9.91 Å². The summed E-state index contributed by atoms with van der Waals surface area (Å²) in [5, 5.41) is 21.5. The lowest BCUT2D eigenvalue weighted by atomic mass is 10.6. The molecule has 1 aromatic rings. The summed E-state index contributed by atoms with van der Waals surface area (Å²) in [6.07, 6.45) is 1.30. The van der Waals surface area contributed by atoms with Crippen LogP contribution in [0.3, 0.4) is 0 Å². The third kappa shape index (κ3) is 2.74. The van der Waals surface area contributed by atoms with Crippen LogP contribution in [-0.2, 0) is 11.3 Å². The lowest BCUT2D eigenvalue weighted by molar-refractivity contribution is -0.396. The monoisotopic (exact) mass is 214 g/mol. The second kappa shape index (κ2) is 4.51. The molecule has 15 heavy (non-hydrogen) atoms. The van der Waals surface area contributed by atoms with Gasteiger partial charge in [-0.1, -0.05) is 0 Å². The third-order valence-electron chi connectivity index (χ3n) is 1.56. The molecule has 2 N–H and O–H groups in total. The number of aliphatic hydroxyl groups is 1. The van der Waals surface area contributed by atoms with Gasteiger partial charge in [0.2, 0.25) is 11.7 Å². The lowest BCUT2D eigenvalue weighted by Gasteiger charge is -1.96. The summed E-state index contributed by atoms with van der Waals surface area (Å²) in [7, 11) is 0. The van der Waals surface area contributed by atoms with E-state index in [9.17, 15) is 14.9 Å². The summed E-state index contributed by atoms with van der Waals surface area (Å²) in [5.41, 5.74) is 0. The summed E-state index contributed by atoms with van der Waals surface area (Å²) in [4.78, 5) is 24.1. The standard InChI is InChI=1S/C7H10N4O4/c1-5(13)8-6-4-10(2-3-12)7(9-6)11(14)15/h4,12H,2-3H2,1H3,(H,8,13). The van der Waals surface area contributed by atoms with Crippen molar-refractivity contribution >= 4 is 17.7 Å². The first kappa shape index (κ1) is 11.1. The summed E-state index contributed by atoms with van der Waals surface area (Å²) in [6.45, 7) is 1.09. The molecule has 0 aromatic carbocycles. The Kier molecular flexibility index (Phi) is 3.34. The molecule has 8 nitrogen and oxygen atoms in total.